The third-order valence-electron chi connectivity index (χ3n) is 4.71. The number of nitrogens with zero attached hydrogens (tertiary/aromatic N) is 4. The molecule has 140 valence electrons. The number of fused-ring (bicyclic) bond motifs is 1. The van der Waals surface area contributed by atoms with Crippen LogP contribution in [-0.2, 0) is 9.59 Å². The Morgan fingerprint density at radius 1 is 1.00 bits per heavy atom. The molecule has 1 aliphatic heterocycles. The molecule has 1 N–H and O–H groups in total. The van der Waals surface area contributed by atoms with Crippen LogP contribution in [0.15, 0.2) is 66.0 Å². The fourth-order valence-corrected chi connectivity index (χ4v) is 3.40. The van der Waals surface area contributed by atoms with Gasteiger partial charge in [-0.05, 0) is 11.6 Å². The van der Waals surface area contributed by atoms with Crippen molar-refractivity contribution in [3.63, 3.8) is 0 Å². The number of aromatic nitrogens is 2. The number of hydrogen-bond donors (Lipinski definition) is 1. The van der Waals surface area contributed by atoms with Gasteiger partial charge in [0.05, 0.1) is 29.2 Å². The minimum absolute atomic E-state index is 0.103. The van der Waals surface area contributed by atoms with E-state index in [-0.39, 0.29) is 24.8 Å². The maximum atomic E-state index is 12.8. The van der Waals surface area contributed by atoms with Gasteiger partial charge in [0.2, 0.25) is 5.91 Å². The molecule has 2 aromatic carbocycles. The highest BCUT2D eigenvalue weighted by Crippen LogP contribution is 2.35. The van der Waals surface area contributed by atoms with E-state index in [0.29, 0.717) is 6.42 Å². The zero-order valence-corrected chi connectivity index (χ0v) is 15.0. The number of aliphatic carboxylic acids is 1. The van der Waals surface area contributed by atoms with Crippen LogP contribution in [0.3, 0.4) is 0 Å². The van der Waals surface area contributed by atoms with Crippen molar-refractivity contribution in [2.24, 2.45) is 5.10 Å². The highest BCUT2D eigenvalue weighted by Gasteiger charge is 2.34. The number of carbonyl (C=O) groups excluding carboxylic acids is 1. The molecule has 28 heavy (non-hydrogen) atoms. The van der Waals surface area contributed by atoms with E-state index in [2.05, 4.69) is 15.1 Å². The summed E-state index contributed by atoms with van der Waals surface area (Å²) in [5, 5.41) is 14.9. The minimum atomic E-state index is -1.01. The molecule has 0 radical (unpaired) electrons. The smallest absolute Gasteiger partial charge is 0.303 e. The number of benzene rings is 2. The van der Waals surface area contributed by atoms with Gasteiger partial charge in [0.1, 0.15) is 0 Å². The average molecular weight is 374 g/mol. The van der Waals surface area contributed by atoms with E-state index in [9.17, 15) is 9.59 Å². The largest absolute Gasteiger partial charge is 0.481 e. The Balaban J connectivity index is 1.74. The molecule has 0 saturated heterocycles. The number of hydrazone groups is 1. The second-order valence-corrected chi connectivity index (χ2v) is 6.54. The first kappa shape index (κ1) is 17.8. The molecule has 1 atom stereocenters. The molecule has 1 aromatic heterocycles. The van der Waals surface area contributed by atoms with Crippen LogP contribution < -0.4 is 0 Å². The number of rotatable bonds is 5. The molecule has 0 fully saturated rings. The lowest BCUT2D eigenvalue weighted by molar-refractivity contribution is -0.141. The Labute approximate surface area is 161 Å². The molecule has 0 saturated carbocycles. The van der Waals surface area contributed by atoms with Crippen molar-refractivity contribution < 1.29 is 14.7 Å². The first-order valence-corrected chi connectivity index (χ1v) is 9.00. The van der Waals surface area contributed by atoms with Gasteiger partial charge in [-0.1, -0.05) is 42.5 Å². The summed E-state index contributed by atoms with van der Waals surface area (Å²) >= 11 is 0. The Hall–Kier alpha value is -3.61. The van der Waals surface area contributed by atoms with Crippen LogP contribution in [0.1, 0.15) is 36.4 Å². The second-order valence-electron chi connectivity index (χ2n) is 6.54. The molecule has 7 heteroatoms. The fraction of sp³-hybridized carbons (Fsp3) is 0.190. The third kappa shape index (κ3) is 3.46. The summed E-state index contributed by atoms with van der Waals surface area (Å²) in [5.41, 5.74) is 4.04. The fourth-order valence-electron chi connectivity index (χ4n) is 3.40. The van der Waals surface area contributed by atoms with Crippen molar-refractivity contribution >= 4 is 28.6 Å². The van der Waals surface area contributed by atoms with Gasteiger partial charge < -0.3 is 5.11 Å². The van der Waals surface area contributed by atoms with Crippen LogP contribution >= 0.6 is 0 Å². The van der Waals surface area contributed by atoms with Gasteiger partial charge in [-0.3, -0.25) is 19.6 Å². The van der Waals surface area contributed by atoms with E-state index < -0.39 is 5.97 Å². The predicted molar refractivity (Wildman–Crippen MR) is 104 cm³/mol. The lowest BCUT2D eigenvalue weighted by Gasteiger charge is -2.22. The summed E-state index contributed by atoms with van der Waals surface area (Å²) in [4.78, 5) is 32.5. The SMILES string of the molecule is O=C(O)CCC(=O)N1N=C(c2ccccc2)C[C@@H]1c1cccc2nccnc12. The Bertz CT molecular complexity index is 1060. The number of carbonyl (C=O) groups is 2. The van der Waals surface area contributed by atoms with Crippen LogP contribution in [0.25, 0.3) is 11.0 Å². The molecule has 0 unspecified atom stereocenters. The molecule has 3 aromatic rings. The van der Waals surface area contributed by atoms with Crippen molar-refractivity contribution in [3.8, 4) is 0 Å². The normalized spacial score (nSPS) is 16.2. The van der Waals surface area contributed by atoms with Crippen LogP contribution in [0.2, 0.25) is 0 Å². The van der Waals surface area contributed by atoms with Crippen molar-refractivity contribution in [2.75, 3.05) is 0 Å². The van der Waals surface area contributed by atoms with E-state index >= 15 is 0 Å². The predicted octanol–water partition coefficient (Wildman–Crippen LogP) is 3.17. The number of para-hydroxylation sites is 1. The van der Waals surface area contributed by atoms with Gasteiger partial charge in [0.25, 0.3) is 0 Å². The Morgan fingerprint density at radius 2 is 1.79 bits per heavy atom. The van der Waals surface area contributed by atoms with Gasteiger partial charge in [-0.15, -0.1) is 0 Å². The van der Waals surface area contributed by atoms with Crippen LogP contribution in [-0.4, -0.2) is 37.7 Å². The highest BCUT2D eigenvalue weighted by atomic mass is 16.4. The molecule has 2 heterocycles. The summed E-state index contributed by atoms with van der Waals surface area (Å²) in [6.45, 7) is 0. The minimum Gasteiger partial charge on any atom is -0.481 e. The molecule has 1 amide bonds. The summed E-state index contributed by atoms with van der Waals surface area (Å²) < 4.78 is 0. The van der Waals surface area contributed by atoms with Crippen molar-refractivity contribution in [3.05, 3.63) is 72.1 Å². The number of carboxylic acids is 1. The first-order chi connectivity index (χ1) is 13.6. The number of hydrogen-bond acceptors (Lipinski definition) is 5. The molecule has 1 aliphatic rings. The van der Waals surface area contributed by atoms with Gasteiger partial charge in [0.15, 0.2) is 0 Å². The second kappa shape index (κ2) is 7.56. The first-order valence-electron chi connectivity index (χ1n) is 9.00. The topological polar surface area (TPSA) is 95.8 Å². The maximum absolute atomic E-state index is 12.8. The van der Waals surface area contributed by atoms with Gasteiger partial charge in [-0.2, -0.15) is 5.10 Å². The molecule has 0 spiro atoms. The van der Waals surface area contributed by atoms with E-state index in [1.807, 2.05) is 48.5 Å². The lowest BCUT2D eigenvalue weighted by atomic mass is 9.97. The zero-order chi connectivity index (χ0) is 19.5. The molecular weight excluding hydrogens is 356 g/mol. The van der Waals surface area contributed by atoms with Crippen molar-refractivity contribution in [1.29, 1.82) is 0 Å². The lowest BCUT2D eigenvalue weighted by Crippen LogP contribution is -2.27. The van der Waals surface area contributed by atoms with Gasteiger partial charge >= 0.3 is 5.97 Å². The Kier molecular flexibility index (Phi) is 4.80. The average Bonchev–Trinajstić information content (AvgIpc) is 3.17. The molecular formula is C21H18N4O3. The third-order valence-corrected chi connectivity index (χ3v) is 4.71. The van der Waals surface area contributed by atoms with E-state index in [1.165, 1.54) is 5.01 Å². The van der Waals surface area contributed by atoms with E-state index in [4.69, 9.17) is 5.11 Å². The molecule has 4 rings (SSSR count). The van der Waals surface area contributed by atoms with Gasteiger partial charge in [0, 0.05) is 30.8 Å². The van der Waals surface area contributed by atoms with Crippen LogP contribution in [0, 0.1) is 0 Å². The summed E-state index contributed by atoms with van der Waals surface area (Å²) in [6.07, 6.45) is 3.44. The quantitative estimate of drug-likeness (QED) is 0.740. The van der Waals surface area contributed by atoms with Crippen molar-refractivity contribution in [1.82, 2.24) is 15.0 Å². The molecule has 0 aliphatic carbocycles. The highest BCUT2D eigenvalue weighted by molar-refractivity contribution is 6.03. The van der Waals surface area contributed by atoms with Crippen LogP contribution in [0.4, 0.5) is 0 Å². The van der Waals surface area contributed by atoms with E-state index in [0.717, 1.165) is 27.9 Å². The summed E-state index contributed by atoms with van der Waals surface area (Å²) in [6, 6.07) is 15.0. The Morgan fingerprint density at radius 3 is 2.57 bits per heavy atom. The van der Waals surface area contributed by atoms with Gasteiger partial charge in [-0.25, -0.2) is 5.01 Å². The molecule has 7 nitrogen and oxygen atoms in total. The van der Waals surface area contributed by atoms with E-state index in [1.54, 1.807) is 12.4 Å². The zero-order valence-electron chi connectivity index (χ0n) is 15.0. The summed E-state index contributed by atoms with van der Waals surface area (Å²) in [7, 11) is 0. The number of amides is 1. The monoisotopic (exact) mass is 374 g/mol. The number of carboxylic acid groups (broad SMARTS) is 1. The van der Waals surface area contributed by atoms with Crippen molar-refractivity contribution in [2.45, 2.75) is 25.3 Å². The summed E-state index contributed by atoms with van der Waals surface area (Å²) in [5.74, 6) is -1.33. The van der Waals surface area contributed by atoms with Crippen LogP contribution in [0.5, 0.6) is 0 Å². The standard InChI is InChI=1S/C21H18N4O3/c26-19(9-10-20(27)28)25-18(13-17(24-25)14-5-2-1-3-6-14)15-7-4-8-16-21(15)23-12-11-22-16/h1-8,11-12,18H,9-10,13H2,(H,27,28)/t18-/m1/s1. The maximum Gasteiger partial charge on any atom is 0.303 e. The molecule has 0 bridgehead atoms.